The Hall–Kier alpha value is -2.96. The van der Waals surface area contributed by atoms with Crippen molar-refractivity contribution >= 4 is 5.91 Å². The second kappa shape index (κ2) is 7.58. The summed E-state index contributed by atoms with van der Waals surface area (Å²) in [5.74, 6) is 1.90. The number of hydrogen-bond donors (Lipinski definition) is 2. The molecular weight excluding hydrogens is 360 g/mol. The van der Waals surface area contributed by atoms with Crippen LogP contribution in [0.25, 0.3) is 0 Å². The van der Waals surface area contributed by atoms with Crippen LogP contribution in [0.4, 0.5) is 0 Å². The Balaban J connectivity index is 1.32. The zero-order valence-corrected chi connectivity index (χ0v) is 16.0. The fourth-order valence-electron chi connectivity index (χ4n) is 3.86. The Morgan fingerprint density at radius 1 is 1.11 bits per heavy atom. The molecule has 4 rings (SSSR count). The minimum Gasteiger partial charge on any atom is -0.490 e. The molecule has 7 nitrogen and oxygen atoms in total. The molecule has 0 atom stereocenters. The van der Waals surface area contributed by atoms with Gasteiger partial charge in [0.2, 0.25) is 6.79 Å². The number of fused-ring (bicyclic) bond motifs is 1. The monoisotopic (exact) mass is 384 g/mol. The summed E-state index contributed by atoms with van der Waals surface area (Å²) < 4.78 is 16.8. The summed E-state index contributed by atoms with van der Waals surface area (Å²) in [5, 5.41) is 3.00. The predicted octanol–water partition coefficient (Wildman–Crippen LogP) is 2.84. The predicted molar refractivity (Wildman–Crippen MR) is 103 cm³/mol. The van der Waals surface area contributed by atoms with E-state index in [9.17, 15) is 9.59 Å². The molecule has 28 heavy (non-hydrogen) atoms. The number of amides is 1. The Kier molecular flexibility index (Phi) is 4.98. The molecule has 1 aliphatic carbocycles. The van der Waals surface area contributed by atoms with Crippen molar-refractivity contribution in [2.75, 3.05) is 6.79 Å². The van der Waals surface area contributed by atoms with Gasteiger partial charge in [-0.15, -0.1) is 0 Å². The van der Waals surface area contributed by atoms with E-state index >= 15 is 0 Å². The fourth-order valence-corrected chi connectivity index (χ4v) is 3.86. The van der Waals surface area contributed by atoms with Crippen LogP contribution >= 0.6 is 0 Å². The molecule has 1 saturated carbocycles. The molecular formula is C21H24N2O5. The average Bonchev–Trinajstić information content (AvgIpc) is 3.10. The van der Waals surface area contributed by atoms with Crippen molar-refractivity contribution < 1.29 is 19.0 Å². The maximum Gasteiger partial charge on any atom is 0.261 e. The number of aromatic nitrogens is 1. The molecule has 2 N–H and O–H groups in total. The number of carbonyl (C=O) groups excluding carboxylic acids is 1. The molecule has 0 saturated heterocycles. The van der Waals surface area contributed by atoms with Crippen LogP contribution in [0.15, 0.2) is 29.1 Å². The van der Waals surface area contributed by atoms with Gasteiger partial charge in [-0.05, 0) is 63.3 Å². The number of aromatic amines is 1. The van der Waals surface area contributed by atoms with Crippen molar-refractivity contribution in [3.63, 3.8) is 0 Å². The van der Waals surface area contributed by atoms with E-state index in [0.717, 1.165) is 42.9 Å². The quantitative estimate of drug-likeness (QED) is 0.846. The molecule has 2 heterocycles. The van der Waals surface area contributed by atoms with Crippen molar-refractivity contribution in [3.05, 3.63) is 51.4 Å². The van der Waals surface area contributed by atoms with Gasteiger partial charge in [-0.1, -0.05) is 0 Å². The summed E-state index contributed by atoms with van der Waals surface area (Å²) >= 11 is 0. The molecule has 148 valence electrons. The first-order chi connectivity index (χ1) is 13.5. The van der Waals surface area contributed by atoms with Crippen LogP contribution in [-0.4, -0.2) is 29.8 Å². The second-order valence-electron chi connectivity index (χ2n) is 7.42. The minimum atomic E-state index is -0.338. The summed E-state index contributed by atoms with van der Waals surface area (Å²) in [4.78, 5) is 27.4. The van der Waals surface area contributed by atoms with Crippen LogP contribution in [0.1, 0.15) is 47.3 Å². The molecule has 0 bridgehead atoms. The van der Waals surface area contributed by atoms with Gasteiger partial charge >= 0.3 is 0 Å². The van der Waals surface area contributed by atoms with Crippen LogP contribution in [-0.2, 0) is 0 Å². The standard InChI is InChI=1S/C21H24N2O5/c1-12-9-13(2)22-20(24)19(12)21(25)23-14-3-5-15(6-4-14)28-16-7-8-17-18(10-16)27-11-26-17/h7-10,14-15H,3-6,11H2,1-2H3,(H,22,24)(H,23,25). The van der Waals surface area contributed by atoms with Gasteiger partial charge in [0.05, 0.1) is 6.10 Å². The number of ether oxygens (including phenoxy) is 3. The lowest BCUT2D eigenvalue weighted by Gasteiger charge is -2.29. The van der Waals surface area contributed by atoms with E-state index < -0.39 is 0 Å². The summed E-state index contributed by atoms with van der Waals surface area (Å²) in [6.45, 7) is 3.83. The third-order valence-corrected chi connectivity index (χ3v) is 5.25. The van der Waals surface area contributed by atoms with E-state index in [2.05, 4.69) is 10.3 Å². The number of aryl methyl sites for hydroxylation is 2. The highest BCUT2D eigenvalue weighted by Gasteiger charge is 2.26. The maximum absolute atomic E-state index is 12.6. The van der Waals surface area contributed by atoms with Gasteiger partial charge in [0.1, 0.15) is 11.3 Å². The second-order valence-corrected chi connectivity index (χ2v) is 7.42. The number of nitrogens with one attached hydrogen (secondary N) is 2. The first kappa shape index (κ1) is 18.4. The minimum absolute atomic E-state index is 0.0456. The first-order valence-corrected chi connectivity index (χ1v) is 9.57. The maximum atomic E-state index is 12.6. The lowest BCUT2D eigenvalue weighted by molar-refractivity contribution is 0.0891. The van der Waals surface area contributed by atoms with Gasteiger partial charge in [0, 0.05) is 17.8 Å². The summed E-state index contributed by atoms with van der Waals surface area (Å²) in [6, 6.07) is 7.44. The number of carbonyl (C=O) groups is 1. The van der Waals surface area contributed by atoms with Crippen LogP contribution in [0.5, 0.6) is 17.2 Å². The molecule has 0 spiro atoms. The lowest BCUT2D eigenvalue weighted by Crippen LogP contribution is -2.41. The number of rotatable bonds is 4. The molecule has 2 aromatic rings. The fraction of sp³-hybridized carbons (Fsp3) is 0.429. The summed E-state index contributed by atoms with van der Waals surface area (Å²) in [7, 11) is 0. The van der Waals surface area contributed by atoms with Crippen molar-refractivity contribution in [1.29, 1.82) is 0 Å². The molecule has 1 aromatic heterocycles. The van der Waals surface area contributed by atoms with E-state index in [1.165, 1.54) is 0 Å². The van der Waals surface area contributed by atoms with Gasteiger partial charge in [-0.3, -0.25) is 9.59 Å². The molecule has 7 heteroatoms. The molecule has 0 radical (unpaired) electrons. The van der Waals surface area contributed by atoms with Crippen LogP contribution in [0.3, 0.4) is 0 Å². The highest BCUT2D eigenvalue weighted by Crippen LogP contribution is 2.36. The normalized spacial score (nSPS) is 20.6. The largest absolute Gasteiger partial charge is 0.490 e. The van der Waals surface area contributed by atoms with E-state index in [0.29, 0.717) is 11.3 Å². The van der Waals surface area contributed by atoms with E-state index in [4.69, 9.17) is 14.2 Å². The Bertz CT molecular complexity index is 944. The topological polar surface area (TPSA) is 89.7 Å². The Labute approximate surface area is 163 Å². The van der Waals surface area contributed by atoms with Crippen molar-refractivity contribution in [3.8, 4) is 17.2 Å². The van der Waals surface area contributed by atoms with E-state index in [1.807, 2.05) is 24.3 Å². The molecule has 1 fully saturated rings. The Morgan fingerprint density at radius 3 is 2.61 bits per heavy atom. The zero-order valence-electron chi connectivity index (χ0n) is 16.0. The lowest BCUT2D eigenvalue weighted by atomic mass is 9.92. The zero-order chi connectivity index (χ0) is 19.7. The molecule has 0 unspecified atom stereocenters. The van der Waals surface area contributed by atoms with Gasteiger partial charge in [0.15, 0.2) is 11.5 Å². The molecule has 2 aliphatic rings. The number of H-pyrrole nitrogens is 1. The van der Waals surface area contributed by atoms with Crippen LogP contribution in [0.2, 0.25) is 0 Å². The van der Waals surface area contributed by atoms with Gasteiger partial charge in [-0.25, -0.2) is 0 Å². The average molecular weight is 384 g/mol. The van der Waals surface area contributed by atoms with Gasteiger partial charge in [-0.2, -0.15) is 0 Å². The smallest absolute Gasteiger partial charge is 0.261 e. The third-order valence-electron chi connectivity index (χ3n) is 5.25. The highest BCUT2D eigenvalue weighted by atomic mass is 16.7. The summed E-state index contributed by atoms with van der Waals surface area (Å²) in [6.07, 6.45) is 3.39. The SMILES string of the molecule is Cc1cc(C)c(C(=O)NC2CCC(Oc3ccc4c(c3)OCO4)CC2)c(=O)[nH]1. The van der Waals surface area contributed by atoms with Crippen LogP contribution in [0, 0.1) is 13.8 Å². The summed E-state index contributed by atoms with van der Waals surface area (Å²) in [5.41, 5.74) is 1.30. The van der Waals surface area contributed by atoms with Crippen molar-refractivity contribution in [2.24, 2.45) is 0 Å². The third kappa shape index (κ3) is 3.83. The first-order valence-electron chi connectivity index (χ1n) is 9.57. The molecule has 1 aliphatic heterocycles. The van der Waals surface area contributed by atoms with Gasteiger partial charge in [0.25, 0.3) is 11.5 Å². The number of hydrogen-bond acceptors (Lipinski definition) is 5. The van der Waals surface area contributed by atoms with E-state index in [-0.39, 0.29) is 36.0 Å². The molecule has 1 amide bonds. The van der Waals surface area contributed by atoms with Crippen molar-refractivity contribution in [1.82, 2.24) is 10.3 Å². The number of pyridine rings is 1. The highest BCUT2D eigenvalue weighted by molar-refractivity contribution is 5.95. The van der Waals surface area contributed by atoms with Crippen molar-refractivity contribution in [2.45, 2.75) is 51.7 Å². The van der Waals surface area contributed by atoms with E-state index in [1.54, 1.807) is 13.8 Å². The molecule has 1 aromatic carbocycles. The van der Waals surface area contributed by atoms with Crippen LogP contribution < -0.4 is 25.1 Å². The number of benzene rings is 1. The Morgan fingerprint density at radius 2 is 1.86 bits per heavy atom. The van der Waals surface area contributed by atoms with Gasteiger partial charge < -0.3 is 24.5 Å².